The van der Waals surface area contributed by atoms with Crippen molar-refractivity contribution in [2.75, 3.05) is 0 Å². The van der Waals surface area contributed by atoms with Crippen molar-refractivity contribution in [1.29, 1.82) is 0 Å². The number of halogens is 1. The molecule has 0 aliphatic carbocycles. The molecule has 2 rings (SSSR count). The minimum atomic E-state index is -0.436. The monoisotopic (exact) mass is 283 g/mol. The second-order valence-corrected chi connectivity index (χ2v) is 4.35. The molecule has 0 bridgehead atoms. The van der Waals surface area contributed by atoms with Gasteiger partial charge in [0.2, 0.25) is 0 Å². The van der Waals surface area contributed by atoms with Crippen LogP contribution in [0.3, 0.4) is 0 Å². The minimum absolute atomic E-state index is 0.333. The lowest BCUT2D eigenvalue weighted by molar-refractivity contribution is 0.0729. The Labute approximate surface area is 98.9 Å². The summed E-state index contributed by atoms with van der Waals surface area (Å²) in [4.78, 5) is 15.4. The van der Waals surface area contributed by atoms with Gasteiger partial charge in [-0.3, -0.25) is 0 Å². The van der Waals surface area contributed by atoms with Gasteiger partial charge in [-0.1, -0.05) is 22.0 Å². The average molecular weight is 284 g/mol. The molecule has 0 atom stereocenters. The molecule has 0 aliphatic rings. The number of esters is 1. The molecule has 0 fully saturated rings. The Morgan fingerprint density at radius 2 is 2.33 bits per heavy atom. The third-order valence-corrected chi connectivity index (χ3v) is 2.73. The summed E-state index contributed by atoms with van der Waals surface area (Å²) in [6.45, 7) is 0. The van der Waals surface area contributed by atoms with E-state index in [1.54, 1.807) is 29.1 Å². The standard InChI is InChI=1S/C10H6BrNO2S/c11-7-2-1-3-8(4-7)14-10(13)9-5-15-6-12-9/h1-6H. The van der Waals surface area contributed by atoms with Crippen LogP contribution in [0, 0.1) is 0 Å². The highest BCUT2D eigenvalue weighted by Crippen LogP contribution is 2.18. The summed E-state index contributed by atoms with van der Waals surface area (Å²) in [5, 5.41) is 1.65. The van der Waals surface area contributed by atoms with Gasteiger partial charge in [-0.25, -0.2) is 9.78 Å². The van der Waals surface area contributed by atoms with Crippen molar-refractivity contribution >= 4 is 33.2 Å². The quantitative estimate of drug-likeness (QED) is 0.628. The fraction of sp³-hybridized carbons (Fsp3) is 0. The zero-order valence-corrected chi connectivity index (χ0v) is 9.92. The average Bonchev–Trinajstić information content (AvgIpc) is 2.70. The molecule has 0 aliphatic heterocycles. The summed E-state index contributed by atoms with van der Waals surface area (Å²) < 4.78 is 5.98. The van der Waals surface area contributed by atoms with Crippen LogP contribution in [0.5, 0.6) is 5.75 Å². The Bertz CT molecular complexity index is 470. The highest BCUT2D eigenvalue weighted by molar-refractivity contribution is 9.10. The molecule has 76 valence electrons. The van der Waals surface area contributed by atoms with Gasteiger partial charge in [-0.15, -0.1) is 11.3 Å². The molecule has 1 aromatic carbocycles. The zero-order valence-electron chi connectivity index (χ0n) is 7.51. The first kappa shape index (κ1) is 10.3. The van der Waals surface area contributed by atoms with E-state index in [-0.39, 0.29) is 0 Å². The smallest absolute Gasteiger partial charge is 0.363 e. The van der Waals surface area contributed by atoms with E-state index < -0.39 is 5.97 Å². The van der Waals surface area contributed by atoms with Crippen LogP contribution >= 0.6 is 27.3 Å². The van der Waals surface area contributed by atoms with Crippen molar-refractivity contribution in [3.63, 3.8) is 0 Å². The van der Waals surface area contributed by atoms with E-state index in [2.05, 4.69) is 20.9 Å². The van der Waals surface area contributed by atoms with Crippen molar-refractivity contribution < 1.29 is 9.53 Å². The van der Waals surface area contributed by atoms with E-state index in [1.165, 1.54) is 11.3 Å². The number of carbonyl (C=O) groups is 1. The molecule has 1 aromatic heterocycles. The normalized spacial score (nSPS) is 9.93. The lowest BCUT2D eigenvalue weighted by Crippen LogP contribution is -2.08. The number of benzene rings is 1. The molecule has 0 unspecified atom stereocenters. The van der Waals surface area contributed by atoms with Gasteiger partial charge in [0, 0.05) is 9.85 Å². The van der Waals surface area contributed by atoms with Gasteiger partial charge in [0.15, 0.2) is 5.69 Å². The second kappa shape index (κ2) is 4.55. The van der Waals surface area contributed by atoms with Crippen molar-refractivity contribution in [2.24, 2.45) is 0 Å². The zero-order chi connectivity index (χ0) is 10.7. The summed E-state index contributed by atoms with van der Waals surface area (Å²) in [6, 6.07) is 7.10. The van der Waals surface area contributed by atoms with Crippen LogP contribution in [0.15, 0.2) is 39.6 Å². The Morgan fingerprint density at radius 3 is 3.00 bits per heavy atom. The Balaban J connectivity index is 2.13. The number of rotatable bonds is 2. The molecule has 0 saturated carbocycles. The summed E-state index contributed by atoms with van der Waals surface area (Å²) in [7, 11) is 0. The summed E-state index contributed by atoms with van der Waals surface area (Å²) in [5.74, 6) is 0.0664. The van der Waals surface area contributed by atoms with Crippen LogP contribution in [0.2, 0.25) is 0 Å². The van der Waals surface area contributed by atoms with E-state index in [0.717, 1.165) is 4.47 Å². The molecular weight excluding hydrogens is 278 g/mol. The number of nitrogens with zero attached hydrogens (tertiary/aromatic N) is 1. The maximum atomic E-state index is 11.5. The number of thiazole rings is 1. The number of aromatic nitrogens is 1. The topological polar surface area (TPSA) is 39.2 Å². The second-order valence-electron chi connectivity index (χ2n) is 2.72. The van der Waals surface area contributed by atoms with E-state index in [0.29, 0.717) is 11.4 Å². The van der Waals surface area contributed by atoms with Gasteiger partial charge in [-0.05, 0) is 18.2 Å². The maximum absolute atomic E-state index is 11.5. The number of hydrogen-bond acceptors (Lipinski definition) is 4. The number of hydrogen-bond donors (Lipinski definition) is 0. The van der Waals surface area contributed by atoms with Gasteiger partial charge in [0.05, 0.1) is 5.51 Å². The lowest BCUT2D eigenvalue weighted by Gasteiger charge is -2.01. The van der Waals surface area contributed by atoms with Crippen molar-refractivity contribution in [3.8, 4) is 5.75 Å². The van der Waals surface area contributed by atoms with Crippen LogP contribution in [-0.2, 0) is 0 Å². The maximum Gasteiger partial charge on any atom is 0.363 e. The van der Waals surface area contributed by atoms with Gasteiger partial charge >= 0.3 is 5.97 Å². The molecule has 3 nitrogen and oxygen atoms in total. The molecular formula is C10H6BrNO2S. The highest BCUT2D eigenvalue weighted by Gasteiger charge is 2.10. The summed E-state index contributed by atoms with van der Waals surface area (Å²) in [5.41, 5.74) is 1.93. The fourth-order valence-corrected chi connectivity index (χ4v) is 1.90. The van der Waals surface area contributed by atoms with Crippen LogP contribution in [0.4, 0.5) is 0 Å². The van der Waals surface area contributed by atoms with E-state index in [9.17, 15) is 4.79 Å². The van der Waals surface area contributed by atoms with E-state index in [1.807, 2.05) is 6.07 Å². The predicted molar refractivity (Wildman–Crippen MR) is 61.2 cm³/mol. The SMILES string of the molecule is O=C(Oc1cccc(Br)c1)c1cscn1. The Kier molecular flexibility index (Phi) is 3.13. The molecule has 0 amide bonds. The molecule has 5 heteroatoms. The van der Waals surface area contributed by atoms with Crippen molar-refractivity contribution in [3.05, 3.63) is 45.3 Å². The summed E-state index contributed by atoms with van der Waals surface area (Å²) >= 11 is 4.66. The molecule has 15 heavy (non-hydrogen) atoms. The Morgan fingerprint density at radius 1 is 1.47 bits per heavy atom. The molecule has 0 radical (unpaired) electrons. The largest absolute Gasteiger partial charge is 0.422 e. The number of carbonyl (C=O) groups excluding carboxylic acids is 1. The molecule has 1 heterocycles. The molecule has 0 saturated heterocycles. The van der Waals surface area contributed by atoms with Crippen LogP contribution in [-0.4, -0.2) is 11.0 Å². The van der Waals surface area contributed by atoms with Crippen LogP contribution in [0.1, 0.15) is 10.5 Å². The number of ether oxygens (including phenoxy) is 1. The van der Waals surface area contributed by atoms with Gasteiger partial charge in [-0.2, -0.15) is 0 Å². The lowest BCUT2D eigenvalue weighted by atomic mass is 10.3. The first-order valence-electron chi connectivity index (χ1n) is 4.11. The van der Waals surface area contributed by atoms with Crippen molar-refractivity contribution in [2.45, 2.75) is 0 Å². The van der Waals surface area contributed by atoms with E-state index in [4.69, 9.17) is 4.74 Å². The van der Waals surface area contributed by atoms with Crippen LogP contribution in [0.25, 0.3) is 0 Å². The summed E-state index contributed by atoms with van der Waals surface area (Å²) in [6.07, 6.45) is 0. The highest BCUT2D eigenvalue weighted by atomic mass is 79.9. The van der Waals surface area contributed by atoms with Gasteiger partial charge in [0.1, 0.15) is 5.75 Å². The molecule has 0 spiro atoms. The molecule has 0 N–H and O–H groups in total. The van der Waals surface area contributed by atoms with E-state index >= 15 is 0 Å². The minimum Gasteiger partial charge on any atom is -0.422 e. The molecule has 2 aromatic rings. The van der Waals surface area contributed by atoms with Gasteiger partial charge < -0.3 is 4.74 Å². The first-order valence-corrected chi connectivity index (χ1v) is 5.85. The third-order valence-electron chi connectivity index (χ3n) is 1.65. The van der Waals surface area contributed by atoms with Crippen molar-refractivity contribution in [1.82, 2.24) is 4.98 Å². The predicted octanol–water partition coefficient (Wildman–Crippen LogP) is 3.12. The first-order chi connectivity index (χ1) is 7.25. The van der Waals surface area contributed by atoms with Crippen LogP contribution < -0.4 is 4.74 Å². The third kappa shape index (κ3) is 2.64. The van der Waals surface area contributed by atoms with Gasteiger partial charge in [0.25, 0.3) is 0 Å². The fourth-order valence-electron chi connectivity index (χ4n) is 1.00. The Hall–Kier alpha value is -1.20.